The van der Waals surface area contributed by atoms with Gasteiger partial charge in [0, 0.05) is 11.5 Å². The number of azide groups is 1. The molecule has 30 heavy (non-hydrogen) atoms. The van der Waals surface area contributed by atoms with Gasteiger partial charge in [0.25, 0.3) is 0 Å². The minimum Gasteiger partial charge on any atom is -0.411 e. The molecule has 0 aromatic heterocycles. The third kappa shape index (κ3) is 7.40. The monoisotopic (exact) mass is 433 g/mol. The molecule has 1 aliphatic heterocycles. The summed E-state index contributed by atoms with van der Waals surface area (Å²) < 4.78 is 18.9. The van der Waals surface area contributed by atoms with Gasteiger partial charge in [-0.3, -0.25) is 0 Å². The molecule has 4 atom stereocenters. The molecule has 0 spiro atoms. The van der Waals surface area contributed by atoms with Crippen molar-refractivity contribution in [2.75, 3.05) is 13.2 Å². The Balaban J connectivity index is 1.87. The van der Waals surface area contributed by atoms with Crippen molar-refractivity contribution >= 4 is 8.32 Å². The number of hydrogen-bond donors (Lipinski definition) is 0. The fourth-order valence-corrected chi connectivity index (χ4v) is 4.93. The van der Waals surface area contributed by atoms with Crippen LogP contribution in [0.2, 0.25) is 18.1 Å². The van der Waals surface area contributed by atoms with Crippen molar-refractivity contribution in [3.63, 3.8) is 0 Å². The zero-order valence-corrected chi connectivity index (χ0v) is 20.5. The van der Waals surface area contributed by atoms with E-state index in [9.17, 15) is 0 Å². The van der Waals surface area contributed by atoms with Gasteiger partial charge in [0.1, 0.15) is 0 Å². The van der Waals surface area contributed by atoms with Crippen molar-refractivity contribution in [2.24, 2.45) is 11.0 Å². The van der Waals surface area contributed by atoms with Gasteiger partial charge in [-0.25, -0.2) is 0 Å². The molecule has 0 saturated carbocycles. The van der Waals surface area contributed by atoms with Crippen molar-refractivity contribution in [1.29, 1.82) is 0 Å². The first-order chi connectivity index (χ1) is 14.1. The maximum Gasteiger partial charge on any atom is 0.192 e. The van der Waals surface area contributed by atoms with Crippen LogP contribution in [0, 0.1) is 5.92 Å². The Morgan fingerprint density at radius 3 is 2.53 bits per heavy atom. The largest absolute Gasteiger partial charge is 0.411 e. The average Bonchev–Trinajstić information content (AvgIpc) is 2.68. The second-order valence-corrected chi connectivity index (χ2v) is 14.7. The van der Waals surface area contributed by atoms with Crippen LogP contribution in [-0.4, -0.2) is 39.8 Å². The number of rotatable bonds is 10. The first-order valence-electron chi connectivity index (χ1n) is 11.1. The Morgan fingerprint density at radius 2 is 1.90 bits per heavy atom. The van der Waals surface area contributed by atoms with Crippen LogP contribution < -0.4 is 0 Å². The normalized spacial score (nSPS) is 25.0. The molecule has 168 valence electrons. The smallest absolute Gasteiger partial charge is 0.192 e. The van der Waals surface area contributed by atoms with E-state index in [1.807, 2.05) is 18.2 Å². The standard InChI is InChI=1S/C23H39N3O3Si/c1-18-15-21(29-30(5,6)23(2,3)4)22(16-25-26-24)28-20(18)13-10-14-27-17-19-11-8-7-9-12-19/h7-9,11-12,18,20-22H,10,13-17H2,1-6H3/t18-,20-,21-,22+/m0/s1. The lowest BCUT2D eigenvalue weighted by molar-refractivity contribution is -0.135. The Hall–Kier alpha value is -1.37. The van der Waals surface area contributed by atoms with E-state index in [0.29, 0.717) is 25.7 Å². The molecule has 1 saturated heterocycles. The Labute approximate surface area is 183 Å². The highest BCUT2D eigenvalue weighted by molar-refractivity contribution is 6.74. The Bertz CT molecular complexity index is 687. The van der Waals surface area contributed by atoms with E-state index < -0.39 is 8.32 Å². The molecule has 1 fully saturated rings. The molecule has 1 heterocycles. The molecule has 0 bridgehead atoms. The average molecular weight is 434 g/mol. The summed E-state index contributed by atoms with van der Waals surface area (Å²) in [6.07, 6.45) is 2.77. The zero-order valence-electron chi connectivity index (χ0n) is 19.5. The topological polar surface area (TPSA) is 76.5 Å². The summed E-state index contributed by atoms with van der Waals surface area (Å²) in [6.45, 7) is 15.2. The first kappa shape index (κ1) is 24.9. The van der Waals surface area contributed by atoms with Crippen molar-refractivity contribution in [3.05, 3.63) is 46.3 Å². The first-order valence-corrected chi connectivity index (χ1v) is 14.0. The molecule has 0 aliphatic carbocycles. The van der Waals surface area contributed by atoms with Gasteiger partial charge in [-0.05, 0) is 54.4 Å². The molecule has 1 aromatic carbocycles. The number of ether oxygens (including phenoxy) is 2. The van der Waals surface area contributed by atoms with Crippen LogP contribution in [0.5, 0.6) is 0 Å². The van der Waals surface area contributed by atoms with Gasteiger partial charge >= 0.3 is 0 Å². The maximum absolute atomic E-state index is 8.81. The second kappa shape index (κ2) is 11.3. The summed E-state index contributed by atoms with van der Waals surface area (Å²) >= 11 is 0. The van der Waals surface area contributed by atoms with Gasteiger partial charge in [-0.15, -0.1) is 0 Å². The highest BCUT2D eigenvalue weighted by Gasteiger charge is 2.44. The molecule has 0 N–H and O–H groups in total. The summed E-state index contributed by atoms with van der Waals surface area (Å²) in [5, 5.41) is 3.94. The van der Waals surface area contributed by atoms with Crippen molar-refractivity contribution in [2.45, 2.75) is 90.0 Å². The van der Waals surface area contributed by atoms with Crippen LogP contribution >= 0.6 is 0 Å². The van der Waals surface area contributed by atoms with Gasteiger partial charge in [0.2, 0.25) is 0 Å². The summed E-state index contributed by atoms with van der Waals surface area (Å²) in [7, 11) is -1.93. The van der Waals surface area contributed by atoms with E-state index in [-0.39, 0.29) is 23.4 Å². The lowest BCUT2D eigenvalue weighted by atomic mass is 9.89. The van der Waals surface area contributed by atoms with E-state index in [0.717, 1.165) is 19.3 Å². The minimum absolute atomic E-state index is 0.0167. The molecule has 0 radical (unpaired) electrons. The molecule has 1 aliphatic rings. The molecular formula is C23H39N3O3Si. The number of nitrogens with zero attached hydrogens (tertiary/aromatic N) is 3. The van der Waals surface area contributed by atoms with E-state index in [2.05, 4.69) is 62.9 Å². The summed E-state index contributed by atoms with van der Waals surface area (Å²) in [5.41, 5.74) is 10.0. The Morgan fingerprint density at radius 1 is 1.20 bits per heavy atom. The SMILES string of the molecule is C[C@H]1C[C@H](O[Si](C)(C)C(C)(C)C)[C@@H](CN=[N+]=[N-])O[C@H]1CCCOCc1ccccc1. The number of hydrogen-bond acceptors (Lipinski definition) is 4. The van der Waals surface area contributed by atoms with Crippen LogP contribution in [-0.2, 0) is 20.5 Å². The van der Waals surface area contributed by atoms with Gasteiger partial charge in [0.05, 0.1) is 31.5 Å². The lowest BCUT2D eigenvalue weighted by Crippen LogP contribution is -2.53. The van der Waals surface area contributed by atoms with Crippen LogP contribution in [0.4, 0.5) is 0 Å². The summed E-state index contributed by atoms with van der Waals surface area (Å²) in [6, 6.07) is 10.2. The predicted molar refractivity (Wildman–Crippen MR) is 124 cm³/mol. The van der Waals surface area contributed by atoms with Gasteiger partial charge in [-0.2, -0.15) is 0 Å². The van der Waals surface area contributed by atoms with Gasteiger partial charge < -0.3 is 13.9 Å². The third-order valence-corrected chi connectivity index (χ3v) is 11.0. The van der Waals surface area contributed by atoms with E-state index in [4.69, 9.17) is 19.4 Å². The lowest BCUT2D eigenvalue weighted by Gasteiger charge is -2.46. The molecule has 6 nitrogen and oxygen atoms in total. The Kier molecular flexibility index (Phi) is 9.38. The fraction of sp³-hybridized carbons (Fsp3) is 0.739. The predicted octanol–water partition coefficient (Wildman–Crippen LogP) is 6.48. The minimum atomic E-state index is -1.93. The summed E-state index contributed by atoms with van der Waals surface area (Å²) in [4.78, 5) is 2.95. The molecule has 1 aromatic rings. The number of benzene rings is 1. The van der Waals surface area contributed by atoms with E-state index >= 15 is 0 Å². The van der Waals surface area contributed by atoms with E-state index in [1.54, 1.807) is 0 Å². The molecule has 7 heteroatoms. The van der Waals surface area contributed by atoms with Crippen LogP contribution in [0.15, 0.2) is 35.4 Å². The molecule has 0 unspecified atom stereocenters. The van der Waals surface area contributed by atoms with Crippen LogP contribution in [0.3, 0.4) is 0 Å². The highest BCUT2D eigenvalue weighted by Crippen LogP contribution is 2.40. The highest BCUT2D eigenvalue weighted by atomic mass is 28.4. The molecular weight excluding hydrogens is 394 g/mol. The van der Waals surface area contributed by atoms with Gasteiger partial charge in [-0.1, -0.05) is 63.1 Å². The fourth-order valence-electron chi connectivity index (χ4n) is 3.58. The second-order valence-electron chi connectivity index (χ2n) is 9.94. The van der Waals surface area contributed by atoms with Crippen LogP contribution in [0.25, 0.3) is 10.4 Å². The summed E-state index contributed by atoms with van der Waals surface area (Å²) in [5.74, 6) is 0.399. The maximum atomic E-state index is 8.81. The van der Waals surface area contributed by atoms with E-state index in [1.165, 1.54) is 5.56 Å². The quantitative estimate of drug-likeness (QED) is 0.139. The van der Waals surface area contributed by atoms with Crippen molar-refractivity contribution < 1.29 is 13.9 Å². The molecule has 2 rings (SSSR count). The van der Waals surface area contributed by atoms with Crippen LogP contribution in [0.1, 0.15) is 52.5 Å². The third-order valence-electron chi connectivity index (χ3n) is 6.47. The molecule has 0 amide bonds. The van der Waals surface area contributed by atoms with Gasteiger partial charge in [0.15, 0.2) is 8.32 Å². The van der Waals surface area contributed by atoms with Crippen molar-refractivity contribution in [3.8, 4) is 0 Å². The van der Waals surface area contributed by atoms with Crippen molar-refractivity contribution in [1.82, 2.24) is 0 Å². The zero-order chi connectivity index (χ0) is 22.2.